The Kier molecular flexibility index (Phi) is 3.71. The molecule has 130 valence electrons. The molecule has 2 nitrogen and oxygen atoms in total. The number of fused-ring (bicyclic) bond motifs is 2. The molecular weight excluding hydrogens is 344 g/mol. The second-order valence-corrected chi connectivity index (χ2v) is 10.6. The number of hydrogen-bond acceptors (Lipinski definition) is 2. The first-order valence-corrected chi connectivity index (χ1v) is 11.2. The molecule has 0 amide bonds. The predicted octanol–water partition coefficient (Wildman–Crippen LogP) is 2.39. The van der Waals surface area contributed by atoms with Gasteiger partial charge in [-0.25, -0.2) is 5.84 Å². The molecule has 0 saturated carbocycles. The topological polar surface area (TPSA) is 29.3 Å². The lowest BCUT2D eigenvalue weighted by Gasteiger charge is -2.43. The second-order valence-electron chi connectivity index (χ2n) is 6.89. The third-order valence-electron chi connectivity index (χ3n) is 5.55. The van der Waals surface area contributed by atoms with Crippen molar-refractivity contribution in [3.05, 3.63) is 109 Å². The van der Waals surface area contributed by atoms with Crippen LogP contribution in [0.1, 0.15) is 0 Å². The van der Waals surface area contributed by atoms with Gasteiger partial charge in [0.2, 0.25) is 0 Å². The molecule has 0 aliphatic carbocycles. The molecular formula is C24H20N2Si. The fraction of sp³-hybridized carbons (Fsp3) is 0. The van der Waals surface area contributed by atoms with Crippen molar-refractivity contribution in [2.45, 2.75) is 0 Å². The minimum atomic E-state index is -2.44. The molecule has 0 atom stereocenters. The SMILES string of the molecule is NN1c2ccccc2[Si](c2ccccc2)(c2ccccc2)c2ccccc21. The van der Waals surface area contributed by atoms with Gasteiger partial charge in [0.1, 0.15) is 0 Å². The van der Waals surface area contributed by atoms with Crippen molar-refractivity contribution in [3.63, 3.8) is 0 Å². The molecule has 2 N–H and O–H groups in total. The van der Waals surface area contributed by atoms with E-state index in [1.54, 1.807) is 0 Å². The zero-order valence-electron chi connectivity index (χ0n) is 14.9. The average Bonchev–Trinajstić information content (AvgIpc) is 2.76. The van der Waals surface area contributed by atoms with E-state index in [1.807, 2.05) is 5.01 Å². The second kappa shape index (κ2) is 6.23. The maximum atomic E-state index is 6.59. The molecule has 1 aliphatic heterocycles. The minimum Gasteiger partial charge on any atom is -0.280 e. The van der Waals surface area contributed by atoms with Gasteiger partial charge in [0, 0.05) is 0 Å². The Bertz CT molecular complexity index is 1000. The first-order chi connectivity index (χ1) is 13.3. The molecule has 5 rings (SSSR count). The number of hydrogen-bond donors (Lipinski definition) is 1. The van der Waals surface area contributed by atoms with Gasteiger partial charge >= 0.3 is 0 Å². The van der Waals surface area contributed by atoms with Crippen LogP contribution in [0.2, 0.25) is 0 Å². The highest BCUT2D eigenvalue weighted by molar-refractivity contribution is 7.21. The number of anilines is 2. The number of rotatable bonds is 2. The zero-order valence-corrected chi connectivity index (χ0v) is 15.9. The van der Waals surface area contributed by atoms with E-state index in [1.165, 1.54) is 20.7 Å². The van der Waals surface area contributed by atoms with Crippen LogP contribution in [0.5, 0.6) is 0 Å². The van der Waals surface area contributed by atoms with E-state index < -0.39 is 8.07 Å². The van der Waals surface area contributed by atoms with Crippen LogP contribution in [0.25, 0.3) is 0 Å². The quantitative estimate of drug-likeness (QED) is 0.437. The monoisotopic (exact) mass is 364 g/mol. The summed E-state index contributed by atoms with van der Waals surface area (Å²) >= 11 is 0. The normalized spacial score (nSPS) is 14.3. The fourth-order valence-corrected chi connectivity index (χ4v) is 9.56. The molecule has 4 aromatic carbocycles. The molecule has 1 aliphatic rings. The van der Waals surface area contributed by atoms with E-state index in [4.69, 9.17) is 5.84 Å². The molecule has 0 saturated heterocycles. The van der Waals surface area contributed by atoms with Gasteiger partial charge < -0.3 is 0 Å². The van der Waals surface area contributed by atoms with E-state index in [2.05, 4.69) is 109 Å². The standard InChI is InChI=1S/C24H20N2Si/c25-26-21-15-7-9-17-23(21)27(19-11-3-1-4-12-19,20-13-5-2-6-14-20)24-18-10-8-16-22(24)26/h1-18H,25H2. The molecule has 0 unspecified atom stereocenters. The maximum absolute atomic E-state index is 6.59. The third-order valence-corrected chi connectivity index (χ3v) is 10.4. The molecule has 1 heterocycles. The van der Waals surface area contributed by atoms with E-state index in [0.717, 1.165) is 11.4 Å². The summed E-state index contributed by atoms with van der Waals surface area (Å²) in [5.74, 6) is 6.59. The van der Waals surface area contributed by atoms with Crippen LogP contribution in [0, 0.1) is 0 Å². The summed E-state index contributed by atoms with van der Waals surface area (Å²) < 4.78 is 0. The lowest BCUT2D eigenvalue weighted by molar-refractivity contribution is 1.09. The van der Waals surface area contributed by atoms with E-state index in [0.29, 0.717) is 0 Å². The van der Waals surface area contributed by atoms with Gasteiger partial charge in [-0.2, -0.15) is 0 Å². The molecule has 3 heteroatoms. The molecule has 0 aromatic heterocycles. The summed E-state index contributed by atoms with van der Waals surface area (Å²) in [6.45, 7) is 0. The highest BCUT2D eigenvalue weighted by Gasteiger charge is 2.47. The highest BCUT2D eigenvalue weighted by Crippen LogP contribution is 2.28. The van der Waals surface area contributed by atoms with E-state index in [9.17, 15) is 0 Å². The Balaban J connectivity index is 1.99. The molecule has 27 heavy (non-hydrogen) atoms. The van der Waals surface area contributed by atoms with Gasteiger partial charge in [0.25, 0.3) is 0 Å². The molecule has 0 bridgehead atoms. The summed E-state index contributed by atoms with van der Waals surface area (Å²) in [5.41, 5.74) is 2.19. The van der Waals surface area contributed by atoms with Gasteiger partial charge in [-0.3, -0.25) is 5.01 Å². The van der Waals surface area contributed by atoms with Gasteiger partial charge in [-0.05, 0) is 32.9 Å². The molecule has 4 aromatic rings. The van der Waals surface area contributed by atoms with Crippen LogP contribution >= 0.6 is 0 Å². The first kappa shape index (κ1) is 16.1. The van der Waals surface area contributed by atoms with Crippen LogP contribution in [0.3, 0.4) is 0 Å². The number of hydrazine groups is 1. The van der Waals surface area contributed by atoms with Gasteiger partial charge in [0.15, 0.2) is 8.07 Å². The van der Waals surface area contributed by atoms with Crippen molar-refractivity contribution in [2.24, 2.45) is 5.84 Å². The Morgan fingerprint density at radius 3 is 1.30 bits per heavy atom. The Labute approximate surface area is 160 Å². The number of nitrogens with two attached hydrogens (primary N) is 1. The number of para-hydroxylation sites is 2. The largest absolute Gasteiger partial charge is 0.280 e. The van der Waals surface area contributed by atoms with Crippen LogP contribution in [-0.4, -0.2) is 8.07 Å². The summed E-state index contributed by atoms with van der Waals surface area (Å²) in [7, 11) is -2.44. The van der Waals surface area contributed by atoms with Crippen LogP contribution in [-0.2, 0) is 0 Å². The summed E-state index contributed by atoms with van der Waals surface area (Å²) in [6, 6.07) is 39.1. The molecule has 0 radical (unpaired) electrons. The smallest absolute Gasteiger partial charge is 0.184 e. The van der Waals surface area contributed by atoms with E-state index >= 15 is 0 Å². The molecule has 0 fully saturated rings. The number of benzene rings is 4. The minimum absolute atomic E-state index is 1.09. The van der Waals surface area contributed by atoms with Gasteiger partial charge in [-0.1, -0.05) is 97.1 Å². The van der Waals surface area contributed by atoms with Crippen molar-refractivity contribution < 1.29 is 0 Å². The number of nitrogens with zero attached hydrogens (tertiary/aromatic N) is 1. The Morgan fingerprint density at radius 2 is 0.852 bits per heavy atom. The van der Waals surface area contributed by atoms with Crippen molar-refractivity contribution in [3.8, 4) is 0 Å². The van der Waals surface area contributed by atoms with Gasteiger partial charge in [-0.15, -0.1) is 0 Å². The zero-order chi connectivity index (χ0) is 18.3. The Hall–Kier alpha value is -3.14. The summed E-state index contributed by atoms with van der Waals surface area (Å²) in [5, 5.41) is 7.28. The summed E-state index contributed by atoms with van der Waals surface area (Å²) in [6.07, 6.45) is 0. The van der Waals surface area contributed by atoms with Crippen molar-refractivity contribution in [1.82, 2.24) is 0 Å². The highest BCUT2D eigenvalue weighted by atomic mass is 28.3. The van der Waals surface area contributed by atoms with Crippen LogP contribution in [0.15, 0.2) is 109 Å². The third kappa shape index (κ3) is 2.22. The van der Waals surface area contributed by atoms with Crippen molar-refractivity contribution >= 4 is 40.2 Å². The molecule has 0 spiro atoms. The Morgan fingerprint density at radius 1 is 0.481 bits per heavy atom. The lowest BCUT2D eigenvalue weighted by Crippen LogP contribution is -2.77. The van der Waals surface area contributed by atoms with Crippen LogP contribution in [0.4, 0.5) is 11.4 Å². The van der Waals surface area contributed by atoms with Gasteiger partial charge in [0.05, 0.1) is 11.4 Å². The predicted molar refractivity (Wildman–Crippen MR) is 116 cm³/mol. The maximum Gasteiger partial charge on any atom is 0.184 e. The van der Waals surface area contributed by atoms with E-state index in [-0.39, 0.29) is 0 Å². The fourth-order valence-electron chi connectivity index (χ4n) is 4.44. The average molecular weight is 365 g/mol. The van der Waals surface area contributed by atoms with Crippen LogP contribution < -0.4 is 31.6 Å². The lowest BCUT2D eigenvalue weighted by atomic mass is 10.2. The van der Waals surface area contributed by atoms with Crippen molar-refractivity contribution in [1.29, 1.82) is 0 Å². The first-order valence-electron chi connectivity index (χ1n) is 9.18. The van der Waals surface area contributed by atoms with Crippen molar-refractivity contribution in [2.75, 3.05) is 5.01 Å². The summed E-state index contributed by atoms with van der Waals surface area (Å²) in [4.78, 5) is 0.